The van der Waals surface area contributed by atoms with Crippen LogP contribution in [0, 0.1) is 0 Å². The SMILES string of the molecule is CCCCc1cc2ccccc2c(O)c1O. The molecule has 0 fully saturated rings. The van der Waals surface area contributed by atoms with Crippen LogP contribution in [0.5, 0.6) is 11.5 Å². The highest BCUT2D eigenvalue weighted by Gasteiger charge is 2.10. The van der Waals surface area contributed by atoms with E-state index in [9.17, 15) is 10.2 Å². The summed E-state index contributed by atoms with van der Waals surface area (Å²) in [5.41, 5.74) is 0.832. The fourth-order valence-corrected chi connectivity index (χ4v) is 1.93. The maximum Gasteiger partial charge on any atom is 0.165 e. The van der Waals surface area contributed by atoms with Crippen LogP contribution in [0.1, 0.15) is 25.3 Å². The number of aryl methyl sites for hydroxylation is 1. The van der Waals surface area contributed by atoms with Crippen LogP contribution in [-0.2, 0) is 6.42 Å². The Bertz CT molecular complexity index is 503. The van der Waals surface area contributed by atoms with Gasteiger partial charge in [-0.3, -0.25) is 0 Å². The summed E-state index contributed by atoms with van der Waals surface area (Å²) < 4.78 is 0. The second-order valence-electron chi connectivity index (χ2n) is 4.06. The van der Waals surface area contributed by atoms with Gasteiger partial charge in [-0.15, -0.1) is 0 Å². The highest BCUT2D eigenvalue weighted by atomic mass is 16.3. The van der Waals surface area contributed by atoms with Crippen molar-refractivity contribution in [3.05, 3.63) is 35.9 Å². The van der Waals surface area contributed by atoms with Crippen LogP contribution < -0.4 is 0 Å². The molecule has 0 saturated heterocycles. The van der Waals surface area contributed by atoms with Gasteiger partial charge in [-0.1, -0.05) is 37.6 Å². The topological polar surface area (TPSA) is 40.5 Å². The summed E-state index contributed by atoms with van der Waals surface area (Å²) in [6, 6.07) is 9.51. The minimum Gasteiger partial charge on any atom is -0.504 e. The minimum absolute atomic E-state index is 0.00389. The third kappa shape index (κ3) is 1.83. The number of hydrogen-bond donors (Lipinski definition) is 2. The fourth-order valence-electron chi connectivity index (χ4n) is 1.93. The van der Waals surface area contributed by atoms with Gasteiger partial charge in [0.25, 0.3) is 0 Å². The summed E-state index contributed by atoms with van der Waals surface area (Å²) >= 11 is 0. The van der Waals surface area contributed by atoms with E-state index in [4.69, 9.17) is 0 Å². The Morgan fingerprint density at radius 2 is 1.81 bits per heavy atom. The van der Waals surface area contributed by atoms with E-state index < -0.39 is 0 Å². The Balaban J connectivity index is 2.55. The lowest BCUT2D eigenvalue weighted by molar-refractivity contribution is 0.403. The van der Waals surface area contributed by atoms with E-state index in [1.807, 2.05) is 30.3 Å². The second kappa shape index (κ2) is 4.44. The number of hydrogen-bond acceptors (Lipinski definition) is 2. The van der Waals surface area contributed by atoms with Gasteiger partial charge in [0.05, 0.1) is 0 Å². The quantitative estimate of drug-likeness (QED) is 0.770. The Hall–Kier alpha value is -1.70. The number of phenols is 2. The maximum atomic E-state index is 9.89. The van der Waals surface area contributed by atoms with E-state index >= 15 is 0 Å². The molecule has 0 aliphatic rings. The molecule has 2 aromatic rings. The molecule has 0 heterocycles. The Morgan fingerprint density at radius 3 is 2.56 bits per heavy atom. The number of rotatable bonds is 3. The first-order valence-corrected chi connectivity index (χ1v) is 5.66. The first-order chi connectivity index (χ1) is 7.74. The van der Waals surface area contributed by atoms with Crippen molar-refractivity contribution in [2.45, 2.75) is 26.2 Å². The molecule has 2 heteroatoms. The Kier molecular flexibility index (Phi) is 3.00. The molecular weight excluding hydrogens is 200 g/mol. The second-order valence-corrected chi connectivity index (χ2v) is 4.06. The zero-order valence-corrected chi connectivity index (χ0v) is 9.40. The van der Waals surface area contributed by atoms with Crippen molar-refractivity contribution in [1.82, 2.24) is 0 Å². The molecule has 0 bridgehead atoms. The molecule has 0 atom stereocenters. The lowest BCUT2D eigenvalue weighted by atomic mass is 10.0. The lowest BCUT2D eigenvalue weighted by Gasteiger charge is -2.09. The van der Waals surface area contributed by atoms with Crippen LogP contribution in [0.25, 0.3) is 10.8 Å². The number of unbranched alkanes of at least 4 members (excludes halogenated alkanes) is 1. The zero-order chi connectivity index (χ0) is 11.5. The van der Waals surface area contributed by atoms with E-state index in [-0.39, 0.29) is 11.5 Å². The van der Waals surface area contributed by atoms with E-state index in [0.717, 1.165) is 30.2 Å². The van der Waals surface area contributed by atoms with Crippen molar-refractivity contribution in [1.29, 1.82) is 0 Å². The van der Waals surface area contributed by atoms with Crippen molar-refractivity contribution >= 4 is 10.8 Å². The molecule has 0 aliphatic heterocycles. The zero-order valence-electron chi connectivity index (χ0n) is 9.40. The van der Waals surface area contributed by atoms with Gasteiger partial charge in [0, 0.05) is 5.39 Å². The predicted molar refractivity (Wildman–Crippen MR) is 65.9 cm³/mol. The summed E-state index contributed by atoms with van der Waals surface area (Å²) in [5.74, 6) is 0.0383. The average molecular weight is 216 g/mol. The molecule has 2 N–H and O–H groups in total. The third-order valence-electron chi connectivity index (χ3n) is 2.87. The minimum atomic E-state index is 0.00389. The molecule has 0 aliphatic carbocycles. The monoisotopic (exact) mass is 216 g/mol. The first-order valence-electron chi connectivity index (χ1n) is 5.66. The Labute approximate surface area is 95.2 Å². The molecule has 16 heavy (non-hydrogen) atoms. The first kappa shape index (κ1) is 10.8. The van der Waals surface area contributed by atoms with Crippen molar-refractivity contribution in [3.63, 3.8) is 0 Å². The summed E-state index contributed by atoms with van der Waals surface area (Å²) in [5, 5.41) is 21.4. The van der Waals surface area contributed by atoms with Gasteiger partial charge in [0.15, 0.2) is 11.5 Å². The van der Waals surface area contributed by atoms with E-state index in [2.05, 4.69) is 6.92 Å². The number of aromatic hydroxyl groups is 2. The van der Waals surface area contributed by atoms with Crippen molar-refractivity contribution < 1.29 is 10.2 Å². The average Bonchev–Trinajstić information content (AvgIpc) is 2.32. The van der Waals surface area contributed by atoms with Crippen LogP contribution >= 0.6 is 0 Å². The van der Waals surface area contributed by atoms with Gasteiger partial charge < -0.3 is 10.2 Å². The normalized spacial score (nSPS) is 10.8. The maximum absolute atomic E-state index is 9.89. The molecule has 0 saturated carbocycles. The molecular formula is C14H16O2. The van der Waals surface area contributed by atoms with Crippen LogP contribution in [-0.4, -0.2) is 10.2 Å². The number of benzene rings is 2. The molecule has 0 radical (unpaired) electrons. The Morgan fingerprint density at radius 1 is 1.06 bits per heavy atom. The van der Waals surface area contributed by atoms with Crippen molar-refractivity contribution in [2.75, 3.05) is 0 Å². The fraction of sp³-hybridized carbons (Fsp3) is 0.286. The molecule has 0 aromatic heterocycles. The van der Waals surface area contributed by atoms with E-state index in [1.54, 1.807) is 0 Å². The van der Waals surface area contributed by atoms with Gasteiger partial charge in [-0.05, 0) is 29.9 Å². The molecule has 2 nitrogen and oxygen atoms in total. The highest BCUT2D eigenvalue weighted by molar-refractivity contribution is 5.91. The predicted octanol–water partition coefficient (Wildman–Crippen LogP) is 3.59. The summed E-state index contributed by atoms with van der Waals surface area (Å²) in [6.45, 7) is 2.11. The summed E-state index contributed by atoms with van der Waals surface area (Å²) in [4.78, 5) is 0. The standard InChI is InChI=1S/C14H16O2/c1-2-3-6-11-9-10-7-4-5-8-12(10)14(16)13(11)15/h4-5,7-9,15-16H,2-3,6H2,1H3. The van der Waals surface area contributed by atoms with Crippen LogP contribution in [0.4, 0.5) is 0 Å². The molecule has 0 spiro atoms. The van der Waals surface area contributed by atoms with Crippen molar-refractivity contribution in [2.24, 2.45) is 0 Å². The van der Waals surface area contributed by atoms with Gasteiger partial charge in [0.1, 0.15) is 0 Å². The van der Waals surface area contributed by atoms with E-state index in [0.29, 0.717) is 5.39 Å². The smallest absolute Gasteiger partial charge is 0.165 e. The van der Waals surface area contributed by atoms with Crippen LogP contribution in [0.3, 0.4) is 0 Å². The molecule has 2 rings (SSSR count). The summed E-state index contributed by atoms with van der Waals surface area (Å²) in [6.07, 6.45) is 2.90. The van der Waals surface area contributed by atoms with Crippen molar-refractivity contribution in [3.8, 4) is 11.5 Å². The number of phenolic OH excluding ortho intramolecular Hbond substituents is 2. The number of fused-ring (bicyclic) bond motifs is 1. The molecule has 2 aromatic carbocycles. The van der Waals surface area contributed by atoms with E-state index in [1.165, 1.54) is 0 Å². The third-order valence-corrected chi connectivity index (χ3v) is 2.87. The molecule has 0 unspecified atom stereocenters. The molecule has 84 valence electrons. The van der Waals surface area contributed by atoms with Gasteiger partial charge >= 0.3 is 0 Å². The van der Waals surface area contributed by atoms with Crippen LogP contribution in [0.2, 0.25) is 0 Å². The summed E-state index contributed by atoms with van der Waals surface area (Å²) in [7, 11) is 0. The largest absolute Gasteiger partial charge is 0.504 e. The van der Waals surface area contributed by atoms with Gasteiger partial charge in [0.2, 0.25) is 0 Å². The van der Waals surface area contributed by atoms with Gasteiger partial charge in [-0.2, -0.15) is 0 Å². The van der Waals surface area contributed by atoms with Crippen LogP contribution in [0.15, 0.2) is 30.3 Å². The highest BCUT2D eigenvalue weighted by Crippen LogP contribution is 2.37. The molecule has 0 amide bonds. The van der Waals surface area contributed by atoms with Gasteiger partial charge in [-0.25, -0.2) is 0 Å². The lowest BCUT2D eigenvalue weighted by Crippen LogP contribution is -1.87.